The first-order chi connectivity index (χ1) is 12.2. The summed E-state index contributed by atoms with van der Waals surface area (Å²) in [5.41, 5.74) is 2.53. The first-order valence-electron chi connectivity index (χ1n) is 8.81. The summed E-state index contributed by atoms with van der Waals surface area (Å²) in [6, 6.07) is 17.7. The van der Waals surface area contributed by atoms with Crippen LogP contribution in [0, 0.1) is 0 Å². The summed E-state index contributed by atoms with van der Waals surface area (Å²) in [6.07, 6.45) is 0. The number of para-hydroxylation sites is 1. The monoisotopic (exact) mass is 354 g/mol. The Hall–Kier alpha value is -2.66. The maximum atomic E-state index is 12.4. The second-order valence-corrected chi connectivity index (χ2v) is 7.57. The van der Waals surface area contributed by atoms with Crippen molar-refractivity contribution in [2.45, 2.75) is 26.3 Å². The van der Waals surface area contributed by atoms with Crippen molar-refractivity contribution in [1.29, 1.82) is 0 Å². The number of benzene rings is 2. The third kappa shape index (κ3) is 6.33. The van der Waals surface area contributed by atoms with Gasteiger partial charge in [0.05, 0.1) is 7.05 Å². The van der Waals surface area contributed by atoms with E-state index in [1.165, 1.54) is 0 Å². The SMILES string of the molecule is C[NH+](CC(=O)Nc1ccccc1-c1ccccc1)CC(=O)NC(C)(C)C. The van der Waals surface area contributed by atoms with E-state index in [9.17, 15) is 9.59 Å². The summed E-state index contributed by atoms with van der Waals surface area (Å²) in [4.78, 5) is 25.2. The number of quaternary nitrogens is 1. The van der Waals surface area contributed by atoms with Crippen molar-refractivity contribution in [1.82, 2.24) is 5.32 Å². The van der Waals surface area contributed by atoms with Gasteiger partial charge in [0.15, 0.2) is 13.1 Å². The fourth-order valence-electron chi connectivity index (χ4n) is 2.73. The Bertz CT molecular complexity index is 751. The molecule has 0 radical (unpaired) electrons. The van der Waals surface area contributed by atoms with Crippen LogP contribution in [0.3, 0.4) is 0 Å². The molecule has 0 heterocycles. The second-order valence-electron chi connectivity index (χ2n) is 7.57. The van der Waals surface area contributed by atoms with E-state index in [4.69, 9.17) is 0 Å². The molecule has 5 heteroatoms. The van der Waals surface area contributed by atoms with Crippen LogP contribution in [0.15, 0.2) is 54.6 Å². The van der Waals surface area contributed by atoms with Crippen LogP contribution in [0.4, 0.5) is 5.69 Å². The minimum Gasteiger partial charge on any atom is -0.347 e. The zero-order valence-corrected chi connectivity index (χ0v) is 15.9. The van der Waals surface area contributed by atoms with Crippen LogP contribution >= 0.6 is 0 Å². The van der Waals surface area contributed by atoms with E-state index in [-0.39, 0.29) is 30.4 Å². The van der Waals surface area contributed by atoms with E-state index in [2.05, 4.69) is 10.6 Å². The average Bonchev–Trinajstić information content (AvgIpc) is 2.54. The molecule has 2 amide bonds. The van der Waals surface area contributed by atoms with Gasteiger partial charge >= 0.3 is 0 Å². The zero-order valence-electron chi connectivity index (χ0n) is 15.9. The Morgan fingerprint density at radius 2 is 1.46 bits per heavy atom. The largest absolute Gasteiger partial charge is 0.347 e. The summed E-state index contributed by atoms with van der Waals surface area (Å²) >= 11 is 0. The number of likely N-dealkylation sites (N-methyl/N-ethyl adjacent to an activating group) is 1. The second kappa shape index (κ2) is 8.63. The Kier molecular flexibility index (Phi) is 6.52. The number of amides is 2. The number of rotatable bonds is 6. The van der Waals surface area contributed by atoms with Crippen LogP contribution in [0.2, 0.25) is 0 Å². The summed E-state index contributed by atoms with van der Waals surface area (Å²) in [5, 5.41) is 5.88. The van der Waals surface area contributed by atoms with E-state index >= 15 is 0 Å². The third-order valence-corrected chi connectivity index (χ3v) is 3.73. The molecular weight excluding hydrogens is 326 g/mol. The van der Waals surface area contributed by atoms with Gasteiger partial charge in [0.1, 0.15) is 0 Å². The highest BCUT2D eigenvalue weighted by Crippen LogP contribution is 2.27. The van der Waals surface area contributed by atoms with Gasteiger partial charge in [-0.05, 0) is 32.4 Å². The molecule has 1 atom stereocenters. The maximum Gasteiger partial charge on any atom is 0.279 e. The average molecular weight is 354 g/mol. The van der Waals surface area contributed by atoms with Gasteiger partial charge in [0.2, 0.25) is 0 Å². The van der Waals surface area contributed by atoms with Gasteiger partial charge in [-0.25, -0.2) is 0 Å². The molecule has 0 fully saturated rings. The van der Waals surface area contributed by atoms with E-state index in [1.807, 2.05) is 82.4 Å². The topological polar surface area (TPSA) is 62.6 Å². The van der Waals surface area contributed by atoms with E-state index in [0.29, 0.717) is 0 Å². The normalized spacial score (nSPS) is 12.3. The molecule has 2 aromatic carbocycles. The van der Waals surface area contributed by atoms with Gasteiger partial charge in [0, 0.05) is 16.8 Å². The standard InChI is InChI=1S/C21H27N3O2/c1-21(2,3)23-20(26)15-24(4)14-19(25)22-18-13-9-8-12-17(18)16-10-6-5-7-11-16/h5-13H,14-15H2,1-4H3,(H,22,25)(H,23,26)/p+1. The van der Waals surface area contributed by atoms with E-state index < -0.39 is 0 Å². The number of anilines is 1. The molecule has 0 aliphatic rings. The molecule has 0 saturated carbocycles. The first-order valence-corrected chi connectivity index (χ1v) is 8.81. The van der Waals surface area contributed by atoms with Crippen LogP contribution in [-0.2, 0) is 9.59 Å². The fraction of sp³-hybridized carbons (Fsp3) is 0.333. The molecule has 5 nitrogen and oxygen atoms in total. The molecular formula is C21H28N3O2+. The lowest BCUT2D eigenvalue weighted by Crippen LogP contribution is -3.11. The van der Waals surface area contributed by atoms with Crippen molar-refractivity contribution in [2.24, 2.45) is 0 Å². The molecule has 0 aliphatic heterocycles. The lowest BCUT2D eigenvalue weighted by molar-refractivity contribution is -0.862. The summed E-state index contributed by atoms with van der Waals surface area (Å²) in [6.45, 7) is 6.29. The molecule has 3 N–H and O–H groups in total. The third-order valence-electron chi connectivity index (χ3n) is 3.73. The van der Waals surface area contributed by atoms with Gasteiger partial charge in [-0.1, -0.05) is 48.5 Å². The van der Waals surface area contributed by atoms with E-state index in [1.54, 1.807) is 0 Å². The minimum absolute atomic E-state index is 0.0625. The molecule has 1 unspecified atom stereocenters. The van der Waals surface area contributed by atoms with Crippen LogP contribution in [0.1, 0.15) is 20.8 Å². The van der Waals surface area contributed by atoms with Crippen molar-refractivity contribution in [3.63, 3.8) is 0 Å². The predicted octanol–water partition coefficient (Wildman–Crippen LogP) is 1.72. The zero-order chi connectivity index (χ0) is 19.2. The molecule has 0 bridgehead atoms. The molecule has 0 spiro atoms. The highest BCUT2D eigenvalue weighted by atomic mass is 16.2. The van der Waals surface area contributed by atoms with Crippen molar-refractivity contribution < 1.29 is 14.5 Å². The number of hydrogen-bond acceptors (Lipinski definition) is 2. The summed E-state index contributed by atoms with van der Waals surface area (Å²) < 4.78 is 0. The first kappa shape index (κ1) is 19.7. The quantitative estimate of drug-likeness (QED) is 0.740. The van der Waals surface area contributed by atoms with Crippen molar-refractivity contribution in [3.8, 4) is 11.1 Å². The highest BCUT2D eigenvalue weighted by Gasteiger charge is 2.19. The lowest BCUT2D eigenvalue weighted by Gasteiger charge is -2.21. The van der Waals surface area contributed by atoms with Crippen LogP contribution < -0.4 is 15.5 Å². The number of nitrogens with one attached hydrogen (secondary N) is 3. The Labute approximate surface area is 155 Å². The molecule has 26 heavy (non-hydrogen) atoms. The molecule has 0 aromatic heterocycles. The van der Waals surface area contributed by atoms with Crippen molar-refractivity contribution in [3.05, 3.63) is 54.6 Å². The van der Waals surface area contributed by atoms with Crippen molar-refractivity contribution >= 4 is 17.5 Å². The molecule has 0 aliphatic carbocycles. The number of carbonyl (C=O) groups excluding carboxylic acids is 2. The van der Waals surface area contributed by atoms with Crippen molar-refractivity contribution in [2.75, 3.05) is 25.5 Å². The number of carbonyl (C=O) groups is 2. The van der Waals surface area contributed by atoms with Gasteiger partial charge in [-0.15, -0.1) is 0 Å². The summed E-state index contributed by atoms with van der Waals surface area (Å²) in [7, 11) is 1.84. The minimum atomic E-state index is -0.270. The highest BCUT2D eigenvalue weighted by molar-refractivity contribution is 5.96. The maximum absolute atomic E-state index is 12.4. The summed E-state index contributed by atoms with van der Waals surface area (Å²) in [5.74, 6) is -0.179. The molecule has 2 rings (SSSR count). The Balaban J connectivity index is 1.97. The predicted molar refractivity (Wildman–Crippen MR) is 105 cm³/mol. The smallest absolute Gasteiger partial charge is 0.279 e. The van der Waals surface area contributed by atoms with Gasteiger partial charge in [-0.2, -0.15) is 0 Å². The van der Waals surface area contributed by atoms with Crippen LogP contribution in [-0.4, -0.2) is 37.5 Å². The number of hydrogen-bond donors (Lipinski definition) is 3. The van der Waals surface area contributed by atoms with Crippen LogP contribution in [0.25, 0.3) is 11.1 Å². The Morgan fingerprint density at radius 3 is 2.12 bits per heavy atom. The molecule has 2 aromatic rings. The lowest BCUT2D eigenvalue weighted by atomic mass is 10.0. The van der Waals surface area contributed by atoms with Crippen LogP contribution in [0.5, 0.6) is 0 Å². The molecule has 0 saturated heterocycles. The van der Waals surface area contributed by atoms with E-state index in [0.717, 1.165) is 21.7 Å². The fourth-order valence-corrected chi connectivity index (χ4v) is 2.73. The Morgan fingerprint density at radius 1 is 0.885 bits per heavy atom. The van der Waals surface area contributed by atoms with Gasteiger partial charge < -0.3 is 15.5 Å². The van der Waals surface area contributed by atoms with Gasteiger partial charge in [-0.3, -0.25) is 9.59 Å². The van der Waals surface area contributed by atoms with Gasteiger partial charge in [0.25, 0.3) is 11.8 Å². The molecule has 138 valence electrons.